The first-order valence-corrected chi connectivity index (χ1v) is 3.47. The molecule has 0 bridgehead atoms. The summed E-state index contributed by atoms with van der Waals surface area (Å²) < 4.78 is 35.3. The van der Waals surface area contributed by atoms with Crippen molar-refractivity contribution in [3.05, 3.63) is 0 Å². The van der Waals surface area contributed by atoms with Gasteiger partial charge in [0.2, 0.25) is 0 Å². The molecule has 0 aromatic carbocycles. The highest BCUT2D eigenvalue weighted by molar-refractivity contribution is 8.00. The molecule has 0 amide bonds. The Kier molecular flexibility index (Phi) is 3.40. The van der Waals surface area contributed by atoms with Crippen molar-refractivity contribution in [1.29, 1.82) is 0 Å². The van der Waals surface area contributed by atoms with Gasteiger partial charge in [-0.05, 0) is 0 Å². The SMILES string of the molecule is CC(C)SC(F)(F)CF. The van der Waals surface area contributed by atoms with Gasteiger partial charge in [0, 0.05) is 5.25 Å². The first-order chi connectivity index (χ1) is 3.98. The number of alkyl halides is 3. The van der Waals surface area contributed by atoms with Crippen molar-refractivity contribution in [2.45, 2.75) is 24.4 Å². The van der Waals surface area contributed by atoms with E-state index in [1.54, 1.807) is 13.8 Å². The van der Waals surface area contributed by atoms with E-state index in [0.717, 1.165) is 0 Å². The van der Waals surface area contributed by atoms with Gasteiger partial charge in [-0.3, -0.25) is 0 Å². The maximum Gasteiger partial charge on any atom is 0.321 e. The Labute approximate surface area is 56.8 Å². The number of halogens is 3. The summed E-state index contributed by atoms with van der Waals surface area (Å²) in [4.78, 5) is 0. The summed E-state index contributed by atoms with van der Waals surface area (Å²) in [6.07, 6.45) is 0. The van der Waals surface area contributed by atoms with Crippen molar-refractivity contribution < 1.29 is 13.2 Å². The Morgan fingerprint density at radius 2 is 1.89 bits per heavy atom. The average Bonchev–Trinajstić information content (AvgIpc) is 1.63. The van der Waals surface area contributed by atoms with E-state index < -0.39 is 11.9 Å². The van der Waals surface area contributed by atoms with E-state index in [9.17, 15) is 13.2 Å². The van der Waals surface area contributed by atoms with Crippen LogP contribution in [0.15, 0.2) is 0 Å². The molecule has 0 aromatic rings. The lowest BCUT2D eigenvalue weighted by molar-refractivity contribution is 0.0737. The van der Waals surface area contributed by atoms with Crippen molar-refractivity contribution in [2.24, 2.45) is 0 Å². The zero-order valence-corrected chi connectivity index (χ0v) is 6.14. The fourth-order valence-electron chi connectivity index (χ4n) is 0.376. The summed E-state index contributed by atoms with van der Waals surface area (Å²) in [7, 11) is 0. The van der Waals surface area contributed by atoms with E-state index in [-0.39, 0.29) is 5.25 Å². The minimum atomic E-state index is -3.19. The van der Waals surface area contributed by atoms with Crippen LogP contribution in [0.4, 0.5) is 13.2 Å². The molecule has 9 heavy (non-hydrogen) atoms. The van der Waals surface area contributed by atoms with E-state index in [0.29, 0.717) is 11.8 Å². The fraction of sp³-hybridized carbons (Fsp3) is 1.00. The molecular weight excluding hydrogens is 149 g/mol. The summed E-state index contributed by atoms with van der Waals surface area (Å²) in [6, 6.07) is 0. The normalized spacial score (nSPS) is 12.7. The van der Waals surface area contributed by atoms with Gasteiger partial charge >= 0.3 is 5.25 Å². The zero-order valence-electron chi connectivity index (χ0n) is 5.33. The Morgan fingerprint density at radius 1 is 1.44 bits per heavy atom. The lowest BCUT2D eigenvalue weighted by Gasteiger charge is -2.12. The molecule has 0 nitrogen and oxygen atoms in total. The Morgan fingerprint density at radius 3 is 2.00 bits per heavy atom. The molecule has 0 aliphatic rings. The second-order valence-corrected chi connectivity index (χ2v) is 3.71. The molecule has 0 aliphatic carbocycles. The molecule has 0 heterocycles. The lowest BCUT2D eigenvalue weighted by Crippen LogP contribution is -2.15. The van der Waals surface area contributed by atoms with Crippen LogP contribution < -0.4 is 0 Å². The van der Waals surface area contributed by atoms with Crippen LogP contribution in [-0.2, 0) is 0 Å². The van der Waals surface area contributed by atoms with Gasteiger partial charge in [-0.15, -0.1) is 0 Å². The van der Waals surface area contributed by atoms with Crippen LogP contribution in [0.5, 0.6) is 0 Å². The minimum absolute atomic E-state index is 0.226. The van der Waals surface area contributed by atoms with Gasteiger partial charge in [0.1, 0.15) is 0 Å². The van der Waals surface area contributed by atoms with Crippen molar-refractivity contribution in [1.82, 2.24) is 0 Å². The van der Waals surface area contributed by atoms with Crippen LogP contribution in [0.1, 0.15) is 13.8 Å². The molecule has 0 saturated carbocycles. The predicted molar refractivity (Wildman–Crippen MR) is 33.6 cm³/mol. The van der Waals surface area contributed by atoms with Gasteiger partial charge in [-0.25, -0.2) is 4.39 Å². The van der Waals surface area contributed by atoms with Crippen LogP contribution in [0, 0.1) is 0 Å². The smallest absolute Gasteiger partial charge is 0.243 e. The maximum absolute atomic E-state index is 12.0. The van der Waals surface area contributed by atoms with Crippen molar-refractivity contribution >= 4 is 11.8 Å². The number of hydrogen-bond donors (Lipinski definition) is 0. The monoisotopic (exact) mass is 158 g/mol. The molecule has 4 heteroatoms. The molecule has 56 valence electrons. The minimum Gasteiger partial charge on any atom is -0.243 e. The van der Waals surface area contributed by atoms with Gasteiger partial charge in [-0.2, -0.15) is 8.78 Å². The van der Waals surface area contributed by atoms with Gasteiger partial charge in [-0.1, -0.05) is 25.6 Å². The first-order valence-electron chi connectivity index (χ1n) is 2.59. The van der Waals surface area contributed by atoms with Gasteiger partial charge in [0.05, 0.1) is 0 Å². The summed E-state index contributed by atoms with van der Waals surface area (Å²) >= 11 is 0.348. The Bertz CT molecular complexity index is 82.3. The second kappa shape index (κ2) is 3.34. The van der Waals surface area contributed by atoms with E-state index in [2.05, 4.69) is 0 Å². The van der Waals surface area contributed by atoms with Crippen molar-refractivity contribution in [2.75, 3.05) is 6.67 Å². The average molecular weight is 158 g/mol. The van der Waals surface area contributed by atoms with Crippen LogP contribution in [0.25, 0.3) is 0 Å². The third kappa shape index (κ3) is 4.63. The van der Waals surface area contributed by atoms with E-state index >= 15 is 0 Å². The summed E-state index contributed by atoms with van der Waals surface area (Å²) in [5.41, 5.74) is 0. The number of hydrogen-bond acceptors (Lipinski definition) is 1. The molecule has 0 spiro atoms. The third-order valence-corrected chi connectivity index (χ3v) is 1.49. The van der Waals surface area contributed by atoms with E-state index in [4.69, 9.17) is 0 Å². The molecule has 0 atom stereocenters. The fourth-order valence-corrected chi connectivity index (χ4v) is 1.13. The lowest BCUT2D eigenvalue weighted by atomic mass is 10.6. The largest absolute Gasteiger partial charge is 0.321 e. The van der Waals surface area contributed by atoms with Crippen LogP contribution >= 0.6 is 11.8 Å². The Balaban J connectivity index is 3.58. The zero-order chi connectivity index (χ0) is 7.49. The molecule has 0 aliphatic heterocycles. The molecule has 0 aromatic heterocycles. The van der Waals surface area contributed by atoms with Gasteiger partial charge in [0.15, 0.2) is 6.67 Å². The summed E-state index contributed by atoms with van der Waals surface area (Å²) in [5.74, 6) is 0. The van der Waals surface area contributed by atoms with Crippen LogP contribution in [0.3, 0.4) is 0 Å². The van der Waals surface area contributed by atoms with Crippen LogP contribution in [0.2, 0.25) is 0 Å². The Hall–Kier alpha value is 0.140. The highest BCUT2D eigenvalue weighted by Gasteiger charge is 2.30. The summed E-state index contributed by atoms with van der Waals surface area (Å²) in [5, 5.41) is -3.41. The molecule has 0 N–H and O–H groups in total. The molecule has 0 radical (unpaired) electrons. The van der Waals surface area contributed by atoms with E-state index in [1.165, 1.54) is 0 Å². The van der Waals surface area contributed by atoms with Gasteiger partial charge in [0.25, 0.3) is 0 Å². The predicted octanol–water partition coefficient (Wildman–Crippen LogP) is 2.69. The van der Waals surface area contributed by atoms with Crippen molar-refractivity contribution in [3.8, 4) is 0 Å². The molecular formula is C5H9F3S. The van der Waals surface area contributed by atoms with Crippen LogP contribution in [-0.4, -0.2) is 17.2 Å². The second-order valence-electron chi connectivity index (χ2n) is 1.94. The first kappa shape index (κ1) is 9.14. The highest BCUT2D eigenvalue weighted by Crippen LogP contribution is 2.32. The van der Waals surface area contributed by atoms with E-state index in [1.807, 2.05) is 0 Å². The number of rotatable bonds is 3. The third-order valence-electron chi connectivity index (χ3n) is 0.564. The molecule has 0 rings (SSSR count). The number of thioether (sulfide) groups is 1. The maximum atomic E-state index is 12.0. The van der Waals surface area contributed by atoms with Gasteiger partial charge < -0.3 is 0 Å². The highest BCUT2D eigenvalue weighted by atomic mass is 32.2. The summed E-state index contributed by atoms with van der Waals surface area (Å²) in [6.45, 7) is 1.64. The molecule has 0 fully saturated rings. The topological polar surface area (TPSA) is 0 Å². The molecule has 0 saturated heterocycles. The van der Waals surface area contributed by atoms with Crippen molar-refractivity contribution in [3.63, 3.8) is 0 Å². The molecule has 0 unspecified atom stereocenters. The standard InChI is InChI=1S/C5H9F3S/c1-4(2)9-5(7,8)3-6/h4H,3H2,1-2H3. The quantitative estimate of drug-likeness (QED) is 0.608.